The molecule has 6 nitrogen and oxygen atoms in total. The molecule has 18 heavy (non-hydrogen) atoms. The Morgan fingerprint density at radius 1 is 1.17 bits per heavy atom. The minimum absolute atomic E-state index is 0.0289. The van der Waals surface area contributed by atoms with E-state index in [-0.39, 0.29) is 18.5 Å². The normalized spacial score (nSPS) is 16.7. The highest BCUT2D eigenvalue weighted by atomic mass is 16.5. The largest absolute Gasteiger partial charge is 0.468 e. The number of methoxy groups -OCH3 is 1. The van der Waals surface area contributed by atoms with Gasteiger partial charge in [-0.25, -0.2) is 0 Å². The number of nitrogens with zero attached hydrogens (tertiary/aromatic N) is 2. The molecule has 0 saturated carbocycles. The summed E-state index contributed by atoms with van der Waals surface area (Å²) < 4.78 is 9.84. The summed E-state index contributed by atoms with van der Waals surface area (Å²) in [5, 5.41) is 0. The molecule has 0 aromatic heterocycles. The van der Waals surface area contributed by atoms with E-state index < -0.39 is 0 Å². The predicted molar refractivity (Wildman–Crippen MR) is 66.1 cm³/mol. The fourth-order valence-corrected chi connectivity index (χ4v) is 1.80. The van der Waals surface area contributed by atoms with Crippen molar-refractivity contribution < 1.29 is 19.1 Å². The van der Waals surface area contributed by atoms with Gasteiger partial charge in [-0.2, -0.15) is 0 Å². The highest BCUT2D eigenvalue weighted by Crippen LogP contribution is 2.02. The van der Waals surface area contributed by atoms with Gasteiger partial charge in [-0.1, -0.05) is 6.92 Å². The van der Waals surface area contributed by atoms with Gasteiger partial charge in [0.25, 0.3) is 0 Å². The molecule has 0 spiro atoms. The first kappa shape index (κ1) is 14.9. The van der Waals surface area contributed by atoms with Crippen LogP contribution in [-0.2, 0) is 19.1 Å². The first-order valence-corrected chi connectivity index (χ1v) is 6.32. The molecule has 1 saturated heterocycles. The van der Waals surface area contributed by atoms with Crippen LogP contribution in [0, 0.1) is 0 Å². The molecular weight excluding hydrogens is 236 g/mol. The van der Waals surface area contributed by atoms with Crippen molar-refractivity contribution in [2.75, 3.05) is 53.0 Å². The highest BCUT2D eigenvalue weighted by molar-refractivity contribution is 5.77. The van der Waals surface area contributed by atoms with Crippen LogP contribution in [0.3, 0.4) is 0 Å². The summed E-state index contributed by atoms with van der Waals surface area (Å²) in [6.45, 7) is 5.78. The first-order chi connectivity index (χ1) is 8.67. The number of hydrogen-bond donors (Lipinski definition) is 0. The van der Waals surface area contributed by atoms with Crippen LogP contribution in [-0.4, -0.2) is 74.7 Å². The number of esters is 1. The van der Waals surface area contributed by atoms with E-state index >= 15 is 0 Å². The van der Waals surface area contributed by atoms with Crippen LogP contribution >= 0.6 is 0 Å². The van der Waals surface area contributed by atoms with Gasteiger partial charge in [-0.15, -0.1) is 0 Å². The van der Waals surface area contributed by atoms with Crippen LogP contribution in [0.25, 0.3) is 0 Å². The number of ether oxygens (including phenoxy) is 2. The molecule has 1 heterocycles. The van der Waals surface area contributed by atoms with E-state index in [0.29, 0.717) is 39.3 Å². The zero-order valence-corrected chi connectivity index (χ0v) is 11.2. The molecule has 0 aliphatic carbocycles. The number of rotatable bonds is 6. The second-order valence-electron chi connectivity index (χ2n) is 4.29. The summed E-state index contributed by atoms with van der Waals surface area (Å²) in [5.41, 5.74) is 0. The number of hydrogen-bond acceptors (Lipinski definition) is 5. The van der Waals surface area contributed by atoms with Crippen molar-refractivity contribution in [2.45, 2.75) is 13.3 Å². The van der Waals surface area contributed by atoms with E-state index in [0.717, 1.165) is 6.42 Å². The Hall–Kier alpha value is -1.14. The summed E-state index contributed by atoms with van der Waals surface area (Å²) in [7, 11) is 1.38. The Balaban J connectivity index is 2.22. The number of piperazine rings is 1. The fourth-order valence-electron chi connectivity index (χ4n) is 1.80. The average molecular weight is 258 g/mol. The number of amides is 1. The third kappa shape index (κ3) is 5.01. The summed E-state index contributed by atoms with van der Waals surface area (Å²) >= 11 is 0. The molecule has 1 aliphatic heterocycles. The number of carbonyl (C=O) groups excluding carboxylic acids is 2. The summed E-state index contributed by atoms with van der Waals surface area (Å²) in [4.78, 5) is 26.6. The molecule has 1 aliphatic rings. The average Bonchev–Trinajstić information content (AvgIpc) is 2.39. The molecule has 0 N–H and O–H groups in total. The van der Waals surface area contributed by atoms with Crippen molar-refractivity contribution in [3.63, 3.8) is 0 Å². The molecule has 0 aromatic rings. The second-order valence-corrected chi connectivity index (χ2v) is 4.29. The maximum atomic E-state index is 11.7. The monoisotopic (exact) mass is 258 g/mol. The molecule has 1 rings (SSSR count). The van der Waals surface area contributed by atoms with Crippen LogP contribution in [0.15, 0.2) is 0 Å². The predicted octanol–water partition coefficient (Wildman–Crippen LogP) is -0.270. The van der Waals surface area contributed by atoms with E-state index in [4.69, 9.17) is 4.74 Å². The standard InChI is InChI=1S/C12H22N2O4/c1-3-8-18-10-11(15)14-6-4-13(5-7-14)9-12(16)17-2/h3-10H2,1-2H3. The smallest absolute Gasteiger partial charge is 0.319 e. The van der Waals surface area contributed by atoms with Gasteiger partial charge in [0.05, 0.1) is 13.7 Å². The Bertz CT molecular complexity index is 275. The summed E-state index contributed by atoms with van der Waals surface area (Å²) in [6.07, 6.45) is 0.917. The first-order valence-electron chi connectivity index (χ1n) is 6.32. The molecule has 0 atom stereocenters. The minimum atomic E-state index is -0.235. The molecule has 1 amide bonds. The minimum Gasteiger partial charge on any atom is -0.468 e. The van der Waals surface area contributed by atoms with Gasteiger partial charge < -0.3 is 14.4 Å². The summed E-state index contributed by atoms with van der Waals surface area (Å²) in [5.74, 6) is -0.206. The van der Waals surface area contributed by atoms with Gasteiger partial charge in [-0.3, -0.25) is 14.5 Å². The van der Waals surface area contributed by atoms with Gasteiger partial charge in [0.2, 0.25) is 5.91 Å². The molecule has 0 unspecified atom stereocenters. The van der Waals surface area contributed by atoms with Crippen LogP contribution in [0.4, 0.5) is 0 Å². The van der Waals surface area contributed by atoms with E-state index in [9.17, 15) is 9.59 Å². The second kappa shape index (κ2) is 8.05. The maximum Gasteiger partial charge on any atom is 0.319 e. The highest BCUT2D eigenvalue weighted by Gasteiger charge is 2.22. The van der Waals surface area contributed by atoms with Gasteiger partial charge in [0.1, 0.15) is 6.61 Å². The van der Waals surface area contributed by atoms with Crippen molar-refractivity contribution in [3.05, 3.63) is 0 Å². The number of carbonyl (C=O) groups is 2. The molecule has 1 fully saturated rings. The molecule has 0 aromatic carbocycles. The molecule has 0 bridgehead atoms. The van der Waals surface area contributed by atoms with Crippen molar-refractivity contribution in [2.24, 2.45) is 0 Å². The van der Waals surface area contributed by atoms with Crippen LogP contribution in [0.1, 0.15) is 13.3 Å². The van der Waals surface area contributed by atoms with Crippen LogP contribution in [0.2, 0.25) is 0 Å². The zero-order valence-electron chi connectivity index (χ0n) is 11.2. The van der Waals surface area contributed by atoms with Crippen molar-refractivity contribution in [1.29, 1.82) is 0 Å². The van der Waals surface area contributed by atoms with Crippen molar-refractivity contribution >= 4 is 11.9 Å². The lowest BCUT2D eigenvalue weighted by atomic mass is 10.3. The Kier molecular flexibility index (Phi) is 6.67. The topological polar surface area (TPSA) is 59.1 Å². The lowest BCUT2D eigenvalue weighted by Crippen LogP contribution is -2.50. The quantitative estimate of drug-likeness (QED) is 0.485. The van der Waals surface area contributed by atoms with Gasteiger partial charge in [0, 0.05) is 32.8 Å². The summed E-state index contributed by atoms with van der Waals surface area (Å²) in [6, 6.07) is 0. The van der Waals surface area contributed by atoms with Gasteiger partial charge in [0.15, 0.2) is 0 Å². The van der Waals surface area contributed by atoms with Crippen LogP contribution in [0.5, 0.6) is 0 Å². The third-order valence-electron chi connectivity index (χ3n) is 2.88. The zero-order chi connectivity index (χ0) is 13.4. The van der Waals surface area contributed by atoms with Crippen LogP contribution < -0.4 is 0 Å². The van der Waals surface area contributed by atoms with E-state index in [1.54, 1.807) is 4.90 Å². The maximum absolute atomic E-state index is 11.7. The molecular formula is C12H22N2O4. The lowest BCUT2D eigenvalue weighted by Gasteiger charge is -2.33. The Morgan fingerprint density at radius 3 is 2.39 bits per heavy atom. The molecule has 0 radical (unpaired) electrons. The van der Waals surface area contributed by atoms with Crippen molar-refractivity contribution in [3.8, 4) is 0 Å². The van der Waals surface area contributed by atoms with E-state index in [2.05, 4.69) is 4.74 Å². The van der Waals surface area contributed by atoms with Gasteiger partial charge >= 0.3 is 5.97 Å². The Morgan fingerprint density at radius 2 is 1.83 bits per heavy atom. The van der Waals surface area contributed by atoms with E-state index in [1.165, 1.54) is 7.11 Å². The third-order valence-corrected chi connectivity index (χ3v) is 2.88. The lowest BCUT2D eigenvalue weighted by molar-refractivity contribution is -0.143. The van der Waals surface area contributed by atoms with Gasteiger partial charge in [-0.05, 0) is 6.42 Å². The Labute approximate surface area is 108 Å². The van der Waals surface area contributed by atoms with E-state index in [1.807, 2.05) is 11.8 Å². The SMILES string of the molecule is CCCOCC(=O)N1CCN(CC(=O)OC)CC1. The fraction of sp³-hybridized carbons (Fsp3) is 0.833. The molecule has 104 valence electrons. The van der Waals surface area contributed by atoms with Crippen molar-refractivity contribution in [1.82, 2.24) is 9.80 Å². The molecule has 6 heteroatoms.